The molecule has 1 heterocycles. The van der Waals surface area contributed by atoms with Crippen molar-refractivity contribution in [2.75, 3.05) is 45.1 Å². The summed E-state index contributed by atoms with van der Waals surface area (Å²) in [6.07, 6.45) is -1.73. The molecule has 4 rings (SSSR count). The zero-order valence-corrected chi connectivity index (χ0v) is 29.4. The number of methoxy groups -OCH3 is 1. The maximum atomic E-state index is 13.8. The molecule has 0 saturated heterocycles. The number of rotatable bonds is 14. The maximum absolute atomic E-state index is 13.8. The number of benzene rings is 2. The highest BCUT2D eigenvalue weighted by Crippen LogP contribution is 2.40. The predicted octanol–water partition coefficient (Wildman–Crippen LogP) is 5.55. The second-order valence-corrected chi connectivity index (χ2v) is 13.4. The first-order chi connectivity index (χ1) is 24.3. The smallest absolute Gasteiger partial charge is 0.393 e. The van der Waals surface area contributed by atoms with Gasteiger partial charge in [0.1, 0.15) is 6.04 Å². The fraction of sp³-hybridized carbons (Fsp3) is 0.444. The van der Waals surface area contributed by atoms with E-state index in [0.717, 1.165) is 43.2 Å². The Labute approximate surface area is 298 Å². The Balaban J connectivity index is 1.53. The summed E-state index contributed by atoms with van der Waals surface area (Å²) in [6, 6.07) is 9.34. The molecule has 0 radical (unpaired) electrons. The van der Waals surface area contributed by atoms with E-state index >= 15 is 0 Å². The molecule has 0 bridgehead atoms. The number of thiophene rings is 1. The summed E-state index contributed by atoms with van der Waals surface area (Å²) >= 11 is 1.23. The Morgan fingerprint density at radius 2 is 1.88 bits per heavy atom. The highest BCUT2D eigenvalue weighted by molar-refractivity contribution is 7.20. The van der Waals surface area contributed by atoms with Gasteiger partial charge < -0.3 is 36.1 Å². The molecule has 0 aliphatic heterocycles. The molecule has 11 nitrogen and oxygen atoms in total. The lowest BCUT2D eigenvalue weighted by atomic mass is 9.90. The van der Waals surface area contributed by atoms with E-state index in [-0.39, 0.29) is 49.0 Å². The number of ether oxygens (including phenoxy) is 2. The Morgan fingerprint density at radius 3 is 2.53 bits per heavy atom. The lowest BCUT2D eigenvalue weighted by Gasteiger charge is -2.33. The quantitative estimate of drug-likeness (QED) is 0.0965. The molecule has 3 aromatic rings. The van der Waals surface area contributed by atoms with Crippen molar-refractivity contribution >= 4 is 50.6 Å². The standard InChI is InChI=1S/C36H41F3N6O5S/c1-41-21-50-30-19-22(34(47)44-29(35(48)49-4)16-17-32(40)46)10-15-27(30)42-18-6-9-31-26(20-36(37,38)39)25-7-5-8-28(33(25)51-31)43-23-11-13-24(14-12-23)45(2)3/h5,7-8,10,15,19,23-24,29,42-43H,11-14,16-18,20-21H2,2-4H3,(H2,40,46)(H,44,47). The van der Waals surface area contributed by atoms with Crippen molar-refractivity contribution in [2.24, 2.45) is 5.73 Å². The van der Waals surface area contributed by atoms with Crippen LogP contribution in [0.15, 0.2) is 36.4 Å². The van der Waals surface area contributed by atoms with Crippen LogP contribution >= 0.6 is 11.3 Å². The van der Waals surface area contributed by atoms with Crippen molar-refractivity contribution < 1.29 is 37.0 Å². The van der Waals surface area contributed by atoms with Crippen LogP contribution in [0.2, 0.25) is 0 Å². The lowest BCUT2D eigenvalue weighted by molar-refractivity contribution is -0.143. The number of fused-ring (bicyclic) bond motifs is 1. The summed E-state index contributed by atoms with van der Waals surface area (Å²) in [6.45, 7) is 6.76. The maximum Gasteiger partial charge on any atom is 0.393 e. The van der Waals surface area contributed by atoms with Crippen molar-refractivity contribution in [3.05, 3.63) is 63.8 Å². The number of carbonyl (C=O) groups is 3. The predicted molar refractivity (Wildman–Crippen MR) is 191 cm³/mol. The van der Waals surface area contributed by atoms with Crippen molar-refractivity contribution in [1.82, 2.24) is 10.2 Å². The van der Waals surface area contributed by atoms with Crippen molar-refractivity contribution in [3.63, 3.8) is 0 Å². The van der Waals surface area contributed by atoms with E-state index in [4.69, 9.17) is 21.8 Å². The van der Waals surface area contributed by atoms with Gasteiger partial charge in [-0.25, -0.2) is 11.4 Å². The highest BCUT2D eigenvalue weighted by atomic mass is 32.1. The Bertz CT molecular complexity index is 1820. The van der Waals surface area contributed by atoms with Crippen molar-refractivity contribution in [1.29, 1.82) is 0 Å². The molecule has 0 spiro atoms. The van der Waals surface area contributed by atoms with E-state index in [2.05, 4.69) is 51.6 Å². The van der Waals surface area contributed by atoms with Gasteiger partial charge in [0, 0.05) is 24.1 Å². The fourth-order valence-corrected chi connectivity index (χ4v) is 7.10. The van der Waals surface area contributed by atoms with Gasteiger partial charge in [-0.3, -0.25) is 14.4 Å². The molecule has 1 aromatic heterocycles. The monoisotopic (exact) mass is 726 g/mol. The Kier molecular flexibility index (Phi) is 13.5. The molecule has 15 heteroatoms. The second kappa shape index (κ2) is 17.8. The van der Waals surface area contributed by atoms with Crippen LogP contribution < -0.4 is 26.4 Å². The van der Waals surface area contributed by atoms with Gasteiger partial charge in [-0.05, 0) is 81.4 Å². The molecule has 1 unspecified atom stereocenters. The van der Waals surface area contributed by atoms with Crippen LogP contribution in [-0.4, -0.2) is 81.5 Å². The number of nitrogens with two attached hydrogens (primary N) is 1. The van der Waals surface area contributed by atoms with Crippen molar-refractivity contribution in [2.45, 2.75) is 69.2 Å². The van der Waals surface area contributed by atoms with Gasteiger partial charge in [0.25, 0.3) is 5.91 Å². The van der Waals surface area contributed by atoms with Gasteiger partial charge in [0.2, 0.25) is 5.91 Å². The zero-order valence-electron chi connectivity index (χ0n) is 28.6. The summed E-state index contributed by atoms with van der Waals surface area (Å²) in [4.78, 5) is 42.1. The summed E-state index contributed by atoms with van der Waals surface area (Å²) in [5, 5.41) is 9.67. The molecule has 1 aliphatic carbocycles. The number of hydrogen-bond donors (Lipinski definition) is 4. The summed E-state index contributed by atoms with van der Waals surface area (Å²) in [7, 11) is 5.30. The molecular weight excluding hydrogens is 685 g/mol. The molecule has 272 valence electrons. The van der Waals surface area contributed by atoms with Gasteiger partial charge in [0.05, 0.1) is 41.0 Å². The highest BCUT2D eigenvalue weighted by Gasteiger charge is 2.31. The number of alkyl halides is 3. The zero-order chi connectivity index (χ0) is 37.1. The number of halogens is 3. The molecule has 1 saturated carbocycles. The van der Waals surface area contributed by atoms with Crippen LogP contribution in [0, 0.1) is 18.4 Å². The van der Waals surface area contributed by atoms with E-state index in [1.54, 1.807) is 12.1 Å². The van der Waals surface area contributed by atoms with Crippen LogP contribution in [0.1, 0.15) is 59.3 Å². The molecule has 51 heavy (non-hydrogen) atoms. The molecular formula is C36H41F3N6O5S. The Morgan fingerprint density at radius 1 is 1.14 bits per heavy atom. The minimum Gasteiger partial charge on any atom is -0.467 e. The van der Waals surface area contributed by atoms with Crippen LogP contribution in [0.25, 0.3) is 14.9 Å². The topological polar surface area (TPSA) is 139 Å². The van der Waals surface area contributed by atoms with Gasteiger partial charge in [0.15, 0.2) is 5.75 Å². The molecule has 1 atom stereocenters. The number of primary amides is 1. The van der Waals surface area contributed by atoms with E-state index < -0.39 is 36.4 Å². The van der Waals surface area contributed by atoms with E-state index in [0.29, 0.717) is 22.0 Å². The molecule has 1 aliphatic rings. The van der Waals surface area contributed by atoms with Crippen LogP contribution in [0.5, 0.6) is 5.75 Å². The first-order valence-electron chi connectivity index (χ1n) is 16.3. The third kappa shape index (κ3) is 11.0. The molecule has 2 amide bonds. The molecule has 1 fully saturated rings. The molecule has 5 N–H and O–H groups in total. The van der Waals surface area contributed by atoms with Gasteiger partial charge in [-0.15, -0.1) is 11.3 Å². The second-order valence-electron chi connectivity index (χ2n) is 12.3. The summed E-state index contributed by atoms with van der Waals surface area (Å²) in [5.41, 5.74) is 6.59. The third-order valence-corrected chi connectivity index (χ3v) is 9.75. The van der Waals surface area contributed by atoms with Gasteiger partial charge >= 0.3 is 18.9 Å². The van der Waals surface area contributed by atoms with Gasteiger partial charge in [-0.1, -0.05) is 24.0 Å². The largest absolute Gasteiger partial charge is 0.467 e. The Hall–Kier alpha value is -4.99. The minimum atomic E-state index is -4.43. The first-order valence-corrected chi connectivity index (χ1v) is 17.1. The number of amides is 2. The normalized spacial score (nSPS) is 16.4. The summed E-state index contributed by atoms with van der Waals surface area (Å²) in [5.74, 6) is 3.93. The first kappa shape index (κ1) is 38.8. The van der Waals surface area contributed by atoms with E-state index in [1.165, 1.54) is 29.5 Å². The van der Waals surface area contributed by atoms with Crippen LogP contribution in [-0.2, 0) is 20.7 Å². The number of anilines is 2. The average molecular weight is 727 g/mol. The lowest BCUT2D eigenvalue weighted by Crippen LogP contribution is -2.42. The van der Waals surface area contributed by atoms with Gasteiger partial charge in [-0.2, -0.15) is 13.2 Å². The minimum absolute atomic E-state index is 0.0113. The SMILES string of the molecule is [C-]#[N+]COc1cc(C(=O)NC(CCC(N)=O)C(=O)OC)ccc1NCC#Cc1sc2c(NC3CCC(N(C)C)CC3)cccc2c1CC(F)(F)F. The number of carbonyl (C=O) groups excluding carboxylic acids is 3. The number of nitrogens with zero attached hydrogens (tertiary/aromatic N) is 2. The number of esters is 1. The third-order valence-electron chi connectivity index (χ3n) is 8.55. The number of hydrogen-bond acceptors (Lipinski definition) is 9. The van der Waals surface area contributed by atoms with E-state index in [1.807, 2.05) is 6.07 Å². The van der Waals surface area contributed by atoms with Crippen molar-refractivity contribution in [3.8, 4) is 17.6 Å². The summed E-state index contributed by atoms with van der Waals surface area (Å²) < 4.78 is 52.3. The van der Waals surface area contributed by atoms with Crippen LogP contribution in [0.3, 0.4) is 0 Å². The average Bonchev–Trinajstić information content (AvgIpc) is 3.43. The molecule has 2 aromatic carbocycles. The fourth-order valence-electron chi connectivity index (χ4n) is 5.93. The van der Waals surface area contributed by atoms with Crippen LogP contribution in [0.4, 0.5) is 24.5 Å². The number of nitrogens with one attached hydrogen (secondary N) is 3. The van der Waals surface area contributed by atoms with E-state index in [9.17, 15) is 27.6 Å².